The lowest BCUT2D eigenvalue weighted by molar-refractivity contribution is 0.666. The van der Waals surface area contributed by atoms with E-state index in [4.69, 9.17) is 18.8 Å². The summed E-state index contributed by atoms with van der Waals surface area (Å²) in [7, 11) is 0. The van der Waals surface area contributed by atoms with Crippen LogP contribution in [0, 0.1) is 0 Å². The number of rotatable bonds is 2. The molecule has 0 fully saturated rings. The van der Waals surface area contributed by atoms with Gasteiger partial charge in [-0.05, 0) is 86.2 Å². The molecule has 0 aliphatic heterocycles. The zero-order valence-corrected chi connectivity index (χ0v) is 29.2. The summed E-state index contributed by atoms with van der Waals surface area (Å²) in [5, 5.41) is 15.2. The van der Waals surface area contributed by atoms with Crippen molar-refractivity contribution in [2.24, 2.45) is 0 Å². The molecule has 4 heterocycles. The molecule has 254 valence electrons. The Labute approximate surface area is 312 Å². The number of aromatic nitrogens is 3. The molecule has 0 radical (unpaired) electrons. The van der Waals surface area contributed by atoms with Gasteiger partial charge in [0.05, 0.1) is 11.0 Å². The first-order valence-corrected chi connectivity index (χ1v) is 18.6. The molecule has 0 saturated carbocycles. The molecule has 5 heteroatoms. The summed E-state index contributed by atoms with van der Waals surface area (Å²) in [5.74, 6) is 0.589. The third-order valence-corrected chi connectivity index (χ3v) is 11.6. The highest BCUT2D eigenvalue weighted by Gasteiger charge is 2.24. The van der Waals surface area contributed by atoms with Crippen molar-refractivity contribution in [3.63, 3.8) is 0 Å². The molecule has 55 heavy (non-hydrogen) atoms. The Morgan fingerprint density at radius 2 is 0.964 bits per heavy atom. The first kappa shape index (κ1) is 29.0. The van der Waals surface area contributed by atoms with Crippen LogP contribution in [0.25, 0.3) is 126 Å². The standard InChI is InChI=1S/C50H27N3O2/c1-2-12-30-28(11-1)21-24-39-45(30)46-40(25-23-36-33-15-4-3-13-31(33)32-14-5-6-17-35(32)44(36)46)53(39)50-51-47(49-48(52-50)37-18-8-10-20-42(37)55-49)29-22-26-43-38(27-29)34-16-7-9-19-41(34)54-43/h1-27H. The largest absolute Gasteiger partial charge is 0.456 e. The lowest BCUT2D eigenvalue weighted by Gasteiger charge is -2.12. The number of hydrogen-bond donors (Lipinski definition) is 0. The lowest BCUT2D eigenvalue weighted by atomic mass is 9.91. The maximum Gasteiger partial charge on any atom is 0.236 e. The molecule has 0 aliphatic rings. The van der Waals surface area contributed by atoms with E-state index < -0.39 is 0 Å². The molecular weight excluding hydrogens is 675 g/mol. The average Bonchev–Trinajstić information content (AvgIpc) is 3.93. The second-order valence-electron chi connectivity index (χ2n) is 14.4. The number of furan rings is 2. The van der Waals surface area contributed by atoms with Crippen LogP contribution in [0.15, 0.2) is 173 Å². The monoisotopic (exact) mass is 701 g/mol. The number of para-hydroxylation sites is 2. The number of nitrogens with zero attached hydrogens (tertiary/aromatic N) is 3. The van der Waals surface area contributed by atoms with Gasteiger partial charge in [0.15, 0.2) is 5.58 Å². The van der Waals surface area contributed by atoms with E-state index in [-0.39, 0.29) is 0 Å². The third kappa shape index (κ3) is 3.86. The van der Waals surface area contributed by atoms with Gasteiger partial charge in [0.25, 0.3) is 0 Å². The molecule has 0 bridgehead atoms. The molecular formula is C50H27N3O2. The molecule has 0 aliphatic carbocycles. The minimum atomic E-state index is 0.589. The summed E-state index contributed by atoms with van der Waals surface area (Å²) in [5.41, 5.74) is 7.67. The first-order chi connectivity index (χ1) is 27.3. The molecule has 0 saturated heterocycles. The average molecular weight is 702 g/mol. The molecule has 0 atom stereocenters. The second kappa shape index (κ2) is 10.6. The van der Waals surface area contributed by atoms with Gasteiger partial charge in [-0.15, -0.1) is 0 Å². The molecule has 0 amide bonds. The van der Waals surface area contributed by atoms with Gasteiger partial charge >= 0.3 is 0 Å². The van der Waals surface area contributed by atoms with E-state index in [2.05, 4.69) is 126 Å². The minimum Gasteiger partial charge on any atom is -0.456 e. The fraction of sp³-hybridized carbons (Fsp3) is 0. The lowest BCUT2D eigenvalue weighted by Crippen LogP contribution is -2.03. The smallest absolute Gasteiger partial charge is 0.236 e. The van der Waals surface area contributed by atoms with Crippen LogP contribution in [0.4, 0.5) is 0 Å². The van der Waals surface area contributed by atoms with Crippen molar-refractivity contribution in [1.82, 2.24) is 14.5 Å². The predicted octanol–water partition coefficient (Wildman–Crippen LogP) is 13.7. The van der Waals surface area contributed by atoms with Gasteiger partial charge in [-0.1, -0.05) is 115 Å². The fourth-order valence-corrected chi connectivity index (χ4v) is 9.23. The highest BCUT2D eigenvalue weighted by Crippen LogP contribution is 2.46. The molecule has 5 nitrogen and oxygen atoms in total. The SMILES string of the molecule is c1ccc2c(c1)ccc1c2c2c3c4ccccc4c4ccccc4c3ccc2n1-c1nc(-c2ccc3oc4ccccc4c3c2)c2oc3ccccc3c2n1. The van der Waals surface area contributed by atoms with Crippen LogP contribution in [0.1, 0.15) is 0 Å². The van der Waals surface area contributed by atoms with E-state index in [1.807, 2.05) is 42.5 Å². The highest BCUT2D eigenvalue weighted by molar-refractivity contribution is 6.37. The van der Waals surface area contributed by atoms with Gasteiger partial charge in [-0.2, -0.15) is 0 Å². The quantitative estimate of drug-likeness (QED) is 0.168. The molecule has 9 aromatic carbocycles. The summed E-state index contributed by atoms with van der Waals surface area (Å²) in [6.45, 7) is 0. The summed E-state index contributed by atoms with van der Waals surface area (Å²) in [6, 6.07) is 57.8. The minimum absolute atomic E-state index is 0.589. The van der Waals surface area contributed by atoms with Gasteiger partial charge in [-0.3, -0.25) is 4.57 Å². The van der Waals surface area contributed by atoms with Crippen molar-refractivity contribution < 1.29 is 8.83 Å². The van der Waals surface area contributed by atoms with Crippen molar-refractivity contribution in [2.75, 3.05) is 0 Å². The van der Waals surface area contributed by atoms with E-state index >= 15 is 0 Å². The predicted molar refractivity (Wildman–Crippen MR) is 226 cm³/mol. The van der Waals surface area contributed by atoms with Crippen LogP contribution in [0.3, 0.4) is 0 Å². The maximum atomic E-state index is 6.61. The number of fused-ring (bicyclic) bond motifs is 18. The van der Waals surface area contributed by atoms with E-state index in [1.165, 1.54) is 53.9 Å². The molecule has 13 aromatic rings. The van der Waals surface area contributed by atoms with Gasteiger partial charge < -0.3 is 8.83 Å². The van der Waals surface area contributed by atoms with Crippen LogP contribution in [0.5, 0.6) is 0 Å². The van der Waals surface area contributed by atoms with Crippen molar-refractivity contribution in [3.8, 4) is 17.2 Å². The van der Waals surface area contributed by atoms with Crippen molar-refractivity contribution in [1.29, 1.82) is 0 Å². The van der Waals surface area contributed by atoms with Crippen molar-refractivity contribution in [2.45, 2.75) is 0 Å². The normalized spacial score (nSPS) is 12.4. The molecule has 0 spiro atoms. The van der Waals surface area contributed by atoms with E-state index in [0.29, 0.717) is 11.5 Å². The van der Waals surface area contributed by atoms with Crippen LogP contribution in [0.2, 0.25) is 0 Å². The molecule has 0 N–H and O–H groups in total. The summed E-state index contributed by atoms with van der Waals surface area (Å²) in [4.78, 5) is 10.9. The Bertz CT molecular complexity index is 3760. The summed E-state index contributed by atoms with van der Waals surface area (Å²) in [6.07, 6.45) is 0. The Morgan fingerprint density at radius 1 is 0.382 bits per heavy atom. The molecule has 0 unspecified atom stereocenters. The van der Waals surface area contributed by atoms with Crippen LogP contribution < -0.4 is 0 Å². The summed E-state index contributed by atoms with van der Waals surface area (Å²) < 4.78 is 15.1. The molecule has 4 aromatic heterocycles. The number of hydrogen-bond acceptors (Lipinski definition) is 4. The maximum absolute atomic E-state index is 6.61. The first-order valence-electron chi connectivity index (χ1n) is 18.6. The molecule has 13 rings (SSSR count). The van der Waals surface area contributed by atoms with Crippen LogP contribution in [-0.4, -0.2) is 14.5 Å². The zero-order chi connectivity index (χ0) is 35.8. The van der Waals surface area contributed by atoms with Crippen molar-refractivity contribution in [3.05, 3.63) is 164 Å². The number of benzene rings is 9. The fourth-order valence-electron chi connectivity index (χ4n) is 9.23. The van der Waals surface area contributed by atoms with Crippen LogP contribution >= 0.6 is 0 Å². The van der Waals surface area contributed by atoms with Gasteiger partial charge in [0.2, 0.25) is 5.95 Å². The van der Waals surface area contributed by atoms with E-state index in [1.54, 1.807) is 0 Å². The Hall–Kier alpha value is -7.50. The summed E-state index contributed by atoms with van der Waals surface area (Å²) >= 11 is 0. The van der Waals surface area contributed by atoms with Gasteiger partial charge in [0, 0.05) is 37.9 Å². The van der Waals surface area contributed by atoms with Gasteiger partial charge in [0.1, 0.15) is 28.0 Å². The van der Waals surface area contributed by atoms with E-state index in [9.17, 15) is 0 Å². The van der Waals surface area contributed by atoms with Crippen LogP contribution in [-0.2, 0) is 0 Å². The Balaban J connectivity index is 1.22. The Kier molecular flexibility index (Phi) is 5.57. The van der Waals surface area contributed by atoms with Gasteiger partial charge in [-0.25, -0.2) is 9.97 Å². The second-order valence-corrected chi connectivity index (χ2v) is 14.4. The topological polar surface area (TPSA) is 57.0 Å². The zero-order valence-electron chi connectivity index (χ0n) is 29.2. The van der Waals surface area contributed by atoms with Crippen molar-refractivity contribution >= 4 is 109 Å². The van der Waals surface area contributed by atoms with E-state index in [0.717, 1.165) is 60.7 Å². The third-order valence-electron chi connectivity index (χ3n) is 11.6. The highest BCUT2D eigenvalue weighted by atomic mass is 16.3. The Morgan fingerprint density at radius 3 is 1.76 bits per heavy atom.